The largest absolute Gasteiger partial charge is 0.497 e. The number of carbonyl (C=O) groups excluding carboxylic acids is 1. The van der Waals surface area contributed by atoms with Crippen LogP contribution in [0.15, 0.2) is 60.8 Å². The van der Waals surface area contributed by atoms with Crippen molar-refractivity contribution in [2.75, 3.05) is 17.3 Å². The fourth-order valence-corrected chi connectivity index (χ4v) is 3.54. The molecule has 0 bridgehead atoms. The molecule has 2 heterocycles. The molecule has 0 fully saturated rings. The molecule has 2 aromatic carbocycles. The number of fused-ring (bicyclic) bond motifs is 1. The highest BCUT2D eigenvalue weighted by Gasteiger charge is 2.39. The van der Waals surface area contributed by atoms with E-state index in [2.05, 4.69) is 42.3 Å². The van der Waals surface area contributed by atoms with Crippen molar-refractivity contribution in [2.45, 2.75) is 20.0 Å². The number of aromatic nitrogens is 1. The molecule has 0 spiro atoms. The molecule has 1 atom stereocenters. The molecule has 5 heteroatoms. The monoisotopic (exact) mass is 359 g/mol. The Labute approximate surface area is 158 Å². The topological polar surface area (TPSA) is 54.5 Å². The Hall–Kier alpha value is -3.34. The van der Waals surface area contributed by atoms with Crippen LogP contribution >= 0.6 is 0 Å². The Bertz CT molecular complexity index is 978. The van der Waals surface area contributed by atoms with Gasteiger partial charge in [-0.1, -0.05) is 6.07 Å². The lowest BCUT2D eigenvalue weighted by atomic mass is 10.1. The molecule has 0 radical (unpaired) electrons. The molecule has 1 aliphatic rings. The predicted molar refractivity (Wildman–Crippen MR) is 106 cm³/mol. The van der Waals surface area contributed by atoms with E-state index in [-0.39, 0.29) is 12.1 Å². The van der Waals surface area contributed by atoms with Gasteiger partial charge in [0.1, 0.15) is 5.75 Å². The van der Waals surface area contributed by atoms with E-state index in [1.165, 1.54) is 11.1 Å². The number of ether oxygens (including phenoxy) is 1. The maximum Gasteiger partial charge on any atom is 0.262 e. The van der Waals surface area contributed by atoms with Crippen LogP contribution in [-0.2, 0) is 0 Å². The number of aryl methyl sites for hydroxylation is 2. The van der Waals surface area contributed by atoms with Gasteiger partial charge in [-0.05, 0) is 73.5 Å². The summed E-state index contributed by atoms with van der Waals surface area (Å²) in [5, 5.41) is 3.50. The maximum atomic E-state index is 13.1. The summed E-state index contributed by atoms with van der Waals surface area (Å²) in [4.78, 5) is 19.3. The summed E-state index contributed by atoms with van der Waals surface area (Å²) in [6.07, 6.45) is 1.35. The van der Waals surface area contributed by atoms with E-state index in [1.807, 2.05) is 30.3 Å². The first-order valence-electron chi connectivity index (χ1n) is 8.84. The van der Waals surface area contributed by atoms with Crippen LogP contribution in [0.25, 0.3) is 0 Å². The van der Waals surface area contributed by atoms with Crippen molar-refractivity contribution in [3.8, 4) is 5.75 Å². The van der Waals surface area contributed by atoms with Crippen molar-refractivity contribution in [3.05, 3.63) is 83.2 Å². The van der Waals surface area contributed by atoms with Gasteiger partial charge in [-0.25, -0.2) is 0 Å². The molecule has 1 aliphatic heterocycles. The Balaban J connectivity index is 1.77. The van der Waals surface area contributed by atoms with Gasteiger partial charge in [0.2, 0.25) is 0 Å². The lowest BCUT2D eigenvalue weighted by molar-refractivity contribution is 0.0993. The first kappa shape index (κ1) is 17.1. The number of hydrogen-bond acceptors (Lipinski definition) is 4. The number of carbonyl (C=O) groups is 1. The molecular formula is C22H21N3O2. The number of pyridine rings is 1. The summed E-state index contributed by atoms with van der Waals surface area (Å²) < 4.78 is 5.24. The van der Waals surface area contributed by atoms with Gasteiger partial charge in [0, 0.05) is 17.6 Å². The summed E-state index contributed by atoms with van der Waals surface area (Å²) in [6.45, 7) is 4.12. The fourth-order valence-electron chi connectivity index (χ4n) is 3.54. The minimum absolute atomic E-state index is 0.0647. The van der Waals surface area contributed by atoms with Crippen LogP contribution in [0.2, 0.25) is 0 Å². The Morgan fingerprint density at radius 3 is 2.41 bits per heavy atom. The zero-order valence-corrected chi connectivity index (χ0v) is 15.6. The minimum atomic E-state index is -0.372. The summed E-state index contributed by atoms with van der Waals surface area (Å²) in [5.41, 5.74) is 5.44. The highest BCUT2D eigenvalue weighted by atomic mass is 16.5. The van der Waals surface area contributed by atoms with E-state index in [0.717, 1.165) is 22.8 Å². The third kappa shape index (κ3) is 3.12. The molecule has 1 aromatic heterocycles. The van der Waals surface area contributed by atoms with Gasteiger partial charge in [0.05, 0.1) is 18.4 Å². The molecule has 1 N–H and O–H groups in total. The quantitative estimate of drug-likeness (QED) is 0.746. The second-order valence-electron chi connectivity index (χ2n) is 6.73. The van der Waals surface area contributed by atoms with Gasteiger partial charge in [-0.2, -0.15) is 0 Å². The lowest BCUT2D eigenvalue weighted by Crippen LogP contribution is -2.32. The number of anilines is 2. The number of methoxy groups -OCH3 is 1. The van der Waals surface area contributed by atoms with Crippen LogP contribution in [0.3, 0.4) is 0 Å². The average Bonchev–Trinajstić information content (AvgIpc) is 2.93. The van der Waals surface area contributed by atoms with Gasteiger partial charge in [0.25, 0.3) is 5.91 Å². The molecule has 1 unspecified atom stereocenters. The fraction of sp³-hybridized carbons (Fsp3) is 0.182. The van der Waals surface area contributed by atoms with Crippen molar-refractivity contribution in [3.63, 3.8) is 0 Å². The summed E-state index contributed by atoms with van der Waals surface area (Å²) in [5.74, 6) is 0.685. The van der Waals surface area contributed by atoms with Gasteiger partial charge >= 0.3 is 0 Å². The smallest absolute Gasteiger partial charge is 0.262 e. The SMILES string of the molecule is COc1ccc(N2C(=O)c3cccnc3C2Nc2cc(C)cc(C)c2)cc1. The molecule has 3 aromatic rings. The molecule has 5 nitrogen and oxygen atoms in total. The summed E-state index contributed by atoms with van der Waals surface area (Å²) in [6, 6.07) is 17.4. The van der Waals surface area contributed by atoms with Gasteiger partial charge in [0.15, 0.2) is 6.17 Å². The van der Waals surface area contributed by atoms with Crippen molar-refractivity contribution in [1.29, 1.82) is 0 Å². The molecule has 1 amide bonds. The number of benzene rings is 2. The maximum absolute atomic E-state index is 13.1. The Morgan fingerprint density at radius 1 is 1.04 bits per heavy atom. The third-order valence-electron chi connectivity index (χ3n) is 4.68. The van der Waals surface area contributed by atoms with Crippen molar-refractivity contribution >= 4 is 17.3 Å². The first-order chi connectivity index (χ1) is 13.1. The normalized spacial score (nSPS) is 15.6. The standard InChI is InChI=1S/C22H21N3O2/c1-14-11-15(2)13-16(12-14)24-21-20-19(5-4-10-23-20)22(26)25(21)17-6-8-18(27-3)9-7-17/h4-13,21,24H,1-3H3. The van der Waals surface area contributed by atoms with Crippen molar-refractivity contribution < 1.29 is 9.53 Å². The van der Waals surface area contributed by atoms with Gasteiger partial charge < -0.3 is 10.1 Å². The highest BCUT2D eigenvalue weighted by Crippen LogP contribution is 2.37. The summed E-state index contributed by atoms with van der Waals surface area (Å²) in [7, 11) is 1.63. The van der Waals surface area contributed by atoms with E-state index < -0.39 is 0 Å². The summed E-state index contributed by atoms with van der Waals surface area (Å²) >= 11 is 0. The van der Waals surface area contributed by atoms with Crippen LogP contribution in [0.1, 0.15) is 33.3 Å². The van der Waals surface area contributed by atoms with E-state index in [4.69, 9.17) is 4.74 Å². The predicted octanol–water partition coefficient (Wildman–Crippen LogP) is 4.48. The zero-order valence-electron chi connectivity index (χ0n) is 15.6. The first-order valence-corrected chi connectivity index (χ1v) is 8.84. The number of nitrogens with zero attached hydrogens (tertiary/aromatic N) is 2. The molecular weight excluding hydrogens is 338 g/mol. The van der Waals surface area contributed by atoms with E-state index >= 15 is 0 Å². The molecule has 0 saturated heterocycles. The molecule has 0 aliphatic carbocycles. The van der Waals surface area contributed by atoms with Crippen LogP contribution in [0.4, 0.5) is 11.4 Å². The molecule has 136 valence electrons. The van der Waals surface area contributed by atoms with Crippen molar-refractivity contribution in [1.82, 2.24) is 4.98 Å². The van der Waals surface area contributed by atoms with Crippen LogP contribution in [0.5, 0.6) is 5.75 Å². The van der Waals surface area contributed by atoms with E-state index in [0.29, 0.717) is 5.56 Å². The second kappa shape index (κ2) is 6.76. The number of amides is 1. The minimum Gasteiger partial charge on any atom is -0.497 e. The van der Waals surface area contributed by atoms with Gasteiger partial charge in [-0.3, -0.25) is 14.7 Å². The molecule has 4 rings (SSSR count). The Morgan fingerprint density at radius 2 is 1.74 bits per heavy atom. The molecule has 0 saturated carbocycles. The van der Waals surface area contributed by atoms with Crippen LogP contribution in [0, 0.1) is 13.8 Å². The van der Waals surface area contributed by atoms with E-state index in [1.54, 1.807) is 24.3 Å². The van der Waals surface area contributed by atoms with Gasteiger partial charge in [-0.15, -0.1) is 0 Å². The number of rotatable bonds is 4. The molecule has 27 heavy (non-hydrogen) atoms. The highest BCUT2D eigenvalue weighted by molar-refractivity contribution is 6.11. The number of nitrogens with one attached hydrogen (secondary N) is 1. The second-order valence-corrected chi connectivity index (χ2v) is 6.73. The van der Waals surface area contributed by atoms with Crippen LogP contribution < -0.4 is 15.0 Å². The Kier molecular flexibility index (Phi) is 4.28. The zero-order chi connectivity index (χ0) is 19.0. The van der Waals surface area contributed by atoms with Crippen LogP contribution in [-0.4, -0.2) is 18.0 Å². The third-order valence-corrected chi connectivity index (χ3v) is 4.68. The average molecular weight is 359 g/mol. The van der Waals surface area contributed by atoms with Crippen molar-refractivity contribution in [2.24, 2.45) is 0 Å². The number of hydrogen-bond donors (Lipinski definition) is 1. The lowest BCUT2D eigenvalue weighted by Gasteiger charge is -2.27. The van der Waals surface area contributed by atoms with E-state index in [9.17, 15) is 4.79 Å².